The number of carbonyl (C=O) groups excluding carboxylic acids is 3. The average Bonchev–Trinajstić information content (AvgIpc) is 3.64. The first-order valence-electron chi connectivity index (χ1n) is 19.2. The first-order chi connectivity index (χ1) is 26.4. The number of carbonyl (C=O) groups is 3. The first kappa shape index (κ1) is 40.2. The Morgan fingerprint density at radius 1 is 0.852 bits per heavy atom. The number of anilines is 1. The smallest absolute Gasteiger partial charge is 0.344 e. The number of unbranched alkanes of at least 4 members (excludes halogenated alkanes) is 6. The number of nitrogens with zero attached hydrogens (tertiary/aromatic N) is 3. The molecule has 1 heterocycles. The molecule has 1 saturated carbocycles. The highest BCUT2D eigenvalue weighted by molar-refractivity contribution is 7.22. The fourth-order valence-electron chi connectivity index (χ4n) is 6.17. The molecule has 0 N–H and O–H groups in total. The van der Waals surface area contributed by atoms with E-state index >= 15 is 0 Å². The van der Waals surface area contributed by atoms with Gasteiger partial charge in [-0.1, -0.05) is 75.5 Å². The van der Waals surface area contributed by atoms with Gasteiger partial charge in [-0.05, 0) is 99.5 Å². The predicted octanol–water partition coefficient (Wildman–Crippen LogP) is 10.1. The van der Waals surface area contributed by atoms with Crippen LogP contribution in [0.4, 0.5) is 5.13 Å². The number of esters is 3. The molecule has 0 spiro atoms. The van der Waals surface area contributed by atoms with Crippen LogP contribution in [0.3, 0.4) is 0 Å². The molecular weight excluding hydrogens is 703 g/mol. The Balaban J connectivity index is 1.27. The summed E-state index contributed by atoms with van der Waals surface area (Å²) in [6.45, 7) is 7.16. The molecule has 11 heteroatoms. The van der Waals surface area contributed by atoms with E-state index in [2.05, 4.69) is 13.5 Å². The number of ether oxygens (including phenoxy) is 4. The molecule has 0 amide bonds. The van der Waals surface area contributed by atoms with Crippen LogP contribution in [-0.2, 0) is 14.3 Å². The van der Waals surface area contributed by atoms with E-state index in [-0.39, 0.29) is 17.5 Å². The molecule has 0 saturated heterocycles. The number of hydrazone groups is 1. The summed E-state index contributed by atoms with van der Waals surface area (Å²) in [5.41, 5.74) is 1.66. The standard InChI is InChI=1S/C43H51N3O7S/c1-3-5-6-14-27-46(43-45-38-19-12-13-20-39(38)54-43)44-31-33-30-36(53-41(48)32-17-10-9-11-18-32)25-26-37(33)42(49)52-35-23-21-34(22-24-35)50-28-15-7-8-16-29-51-40(47)4-2/h4,12-13,19-26,30-32H,2-3,5-11,14-18,27-29H2,1H3/b44-31+. The van der Waals surface area contributed by atoms with Crippen molar-refractivity contribution in [3.05, 3.63) is 90.5 Å². The third kappa shape index (κ3) is 12.5. The van der Waals surface area contributed by atoms with E-state index in [0.717, 1.165) is 98.8 Å². The summed E-state index contributed by atoms with van der Waals surface area (Å²) in [7, 11) is 0. The van der Waals surface area contributed by atoms with Crippen LogP contribution < -0.4 is 19.2 Å². The van der Waals surface area contributed by atoms with Gasteiger partial charge < -0.3 is 18.9 Å². The van der Waals surface area contributed by atoms with E-state index in [1.807, 2.05) is 29.3 Å². The minimum atomic E-state index is -0.566. The van der Waals surface area contributed by atoms with Crippen LogP contribution in [0.15, 0.2) is 84.5 Å². The number of aromatic nitrogens is 1. The van der Waals surface area contributed by atoms with Crippen molar-refractivity contribution in [2.45, 2.75) is 90.4 Å². The highest BCUT2D eigenvalue weighted by atomic mass is 32.1. The van der Waals surface area contributed by atoms with Crippen molar-refractivity contribution < 1.29 is 33.3 Å². The van der Waals surface area contributed by atoms with Crippen molar-refractivity contribution >= 4 is 50.8 Å². The third-order valence-electron chi connectivity index (χ3n) is 9.22. The molecule has 0 atom stereocenters. The van der Waals surface area contributed by atoms with Crippen molar-refractivity contribution in [1.29, 1.82) is 0 Å². The van der Waals surface area contributed by atoms with Gasteiger partial charge in [-0.25, -0.2) is 19.6 Å². The Hall–Kier alpha value is -5.03. The number of benzene rings is 3. The topological polar surface area (TPSA) is 117 Å². The summed E-state index contributed by atoms with van der Waals surface area (Å²) in [5.74, 6) is 0.0618. The van der Waals surface area contributed by atoms with E-state index in [4.69, 9.17) is 29.0 Å². The van der Waals surface area contributed by atoms with Crippen molar-refractivity contribution in [3.63, 3.8) is 0 Å². The zero-order valence-corrected chi connectivity index (χ0v) is 32.0. The molecule has 1 aliphatic rings. The minimum absolute atomic E-state index is 0.120. The fourth-order valence-corrected chi connectivity index (χ4v) is 7.12. The summed E-state index contributed by atoms with van der Waals surface area (Å²) < 4.78 is 23.6. The molecule has 0 unspecified atom stereocenters. The van der Waals surface area contributed by atoms with Gasteiger partial charge in [-0.15, -0.1) is 0 Å². The summed E-state index contributed by atoms with van der Waals surface area (Å²) in [5, 5.41) is 7.51. The Labute approximate surface area is 322 Å². The van der Waals surface area contributed by atoms with E-state index < -0.39 is 11.9 Å². The summed E-state index contributed by atoms with van der Waals surface area (Å²) in [6, 6.07) is 19.9. The molecule has 0 aliphatic heterocycles. The van der Waals surface area contributed by atoms with Crippen LogP contribution in [-0.4, -0.2) is 48.9 Å². The molecule has 1 fully saturated rings. The summed E-state index contributed by atoms with van der Waals surface area (Å²) >= 11 is 1.57. The van der Waals surface area contributed by atoms with Crippen LogP contribution in [0, 0.1) is 5.92 Å². The lowest BCUT2D eigenvalue weighted by molar-refractivity contribution is -0.140. The van der Waals surface area contributed by atoms with Crippen LogP contribution in [0.25, 0.3) is 10.2 Å². The number of fused-ring (bicyclic) bond motifs is 1. The second-order valence-corrected chi connectivity index (χ2v) is 14.4. The summed E-state index contributed by atoms with van der Waals surface area (Å²) in [6.07, 6.45) is 15.4. The Kier molecular flexibility index (Phi) is 16.1. The number of rotatable bonds is 21. The van der Waals surface area contributed by atoms with Crippen LogP contribution in [0.1, 0.15) is 106 Å². The SMILES string of the molecule is C=CC(=O)OCCCCCCOc1ccc(OC(=O)c2ccc(OC(=O)C3CCCCC3)cc2/C=N/N(CCCCCC)c2nc3ccccc3s2)cc1. The van der Waals surface area contributed by atoms with Crippen LogP contribution >= 0.6 is 11.3 Å². The van der Waals surface area contributed by atoms with Gasteiger partial charge in [-0.2, -0.15) is 5.10 Å². The molecule has 4 aromatic rings. The van der Waals surface area contributed by atoms with Crippen LogP contribution in [0.2, 0.25) is 0 Å². The number of hydrogen-bond donors (Lipinski definition) is 0. The minimum Gasteiger partial charge on any atom is -0.494 e. The molecule has 286 valence electrons. The van der Waals surface area contributed by atoms with E-state index in [1.165, 1.54) is 6.08 Å². The molecule has 1 aliphatic carbocycles. The molecular formula is C43H51N3O7S. The molecule has 3 aromatic carbocycles. The maximum atomic E-state index is 13.7. The highest BCUT2D eigenvalue weighted by Gasteiger charge is 2.24. The highest BCUT2D eigenvalue weighted by Crippen LogP contribution is 2.30. The number of thiazole rings is 1. The molecule has 54 heavy (non-hydrogen) atoms. The molecule has 10 nitrogen and oxygen atoms in total. The van der Waals surface area contributed by atoms with E-state index in [1.54, 1.807) is 60.0 Å². The lowest BCUT2D eigenvalue weighted by Crippen LogP contribution is -2.23. The molecule has 0 radical (unpaired) electrons. The zero-order valence-electron chi connectivity index (χ0n) is 31.2. The second-order valence-electron chi connectivity index (χ2n) is 13.4. The lowest BCUT2D eigenvalue weighted by Gasteiger charge is -2.20. The van der Waals surface area contributed by atoms with Gasteiger partial charge >= 0.3 is 17.9 Å². The third-order valence-corrected chi connectivity index (χ3v) is 10.3. The average molecular weight is 754 g/mol. The Morgan fingerprint density at radius 3 is 2.33 bits per heavy atom. The van der Waals surface area contributed by atoms with E-state index in [9.17, 15) is 14.4 Å². The summed E-state index contributed by atoms with van der Waals surface area (Å²) in [4.78, 5) is 42.7. The van der Waals surface area contributed by atoms with Crippen molar-refractivity contribution in [2.75, 3.05) is 24.8 Å². The maximum Gasteiger partial charge on any atom is 0.344 e. The van der Waals surface area contributed by atoms with Gasteiger partial charge in [0.2, 0.25) is 5.13 Å². The van der Waals surface area contributed by atoms with Crippen molar-refractivity contribution in [3.8, 4) is 17.2 Å². The number of hydrogen-bond acceptors (Lipinski definition) is 11. The van der Waals surface area contributed by atoms with Gasteiger partial charge in [0, 0.05) is 18.2 Å². The van der Waals surface area contributed by atoms with Crippen LogP contribution in [0.5, 0.6) is 17.2 Å². The van der Waals surface area contributed by atoms with Crippen molar-refractivity contribution in [2.24, 2.45) is 11.0 Å². The Bertz CT molecular complexity index is 1820. The first-order valence-corrected chi connectivity index (χ1v) is 20.0. The predicted molar refractivity (Wildman–Crippen MR) is 214 cm³/mol. The monoisotopic (exact) mass is 753 g/mol. The Morgan fingerprint density at radius 2 is 1.57 bits per heavy atom. The quantitative estimate of drug-likeness (QED) is 0.0205. The largest absolute Gasteiger partial charge is 0.494 e. The molecule has 0 bridgehead atoms. The van der Waals surface area contributed by atoms with Gasteiger partial charge in [0.05, 0.1) is 41.1 Å². The maximum absolute atomic E-state index is 13.7. The molecule has 5 rings (SSSR count). The van der Waals surface area contributed by atoms with E-state index in [0.29, 0.717) is 42.6 Å². The van der Waals surface area contributed by atoms with Gasteiger partial charge in [0.15, 0.2) is 0 Å². The zero-order chi connectivity index (χ0) is 38.0. The van der Waals surface area contributed by atoms with Crippen molar-refractivity contribution in [1.82, 2.24) is 4.98 Å². The normalized spacial score (nSPS) is 13.1. The fraction of sp³-hybridized carbons (Fsp3) is 0.419. The van der Waals surface area contributed by atoms with Gasteiger partial charge in [0.25, 0.3) is 0 Å². The lowest BCUT2D eigenvalue weighted by atomic mass is 9.89. The molecule has 1 aromatic heterocycles. The van der Waals surface area contributed by atoms with Gasteiger partial charge in [-0.3, -0.25) is 4.79 Å². The second kappa shape index (κ2) is 21.6. The number of para-hydroxylation sites is 1. The van der Waals surface area contributed by atoms with Gasteiger partial charge in [0.1, 0.15) is 17.2 Å².